The summed E-state index contributed by atoms with van der Waals surface area (Å²) in [5.74, 6) is 0.829. The standard InChI is InChI=1S/C24H23Cl3FNO2/c1-2-30-23-12-17(14-29-10-9-16-3-7-20(28)8-4-16)11-22(27)24(23)31-15-18-5-6-19(25)13-21(18)26/h3-8,11-13,29H,2,9-10,14-15H2,1H3. The molecular weight excluding hydrogens is 460 g/mol. The van der Waals surface area contributed by atoms with Gasteiger partial charge in [-0.3, -0.25) is 0 Å². The molecule has 0 fully saturated rings. The molecule has 0 bridgehead atoms. The molecule has 0 heterocycles. The first kappa shape index (κ1) is 23.7. The predicted octanol–water partition coefficient (Wildman–Crippen LogP) is 7.10. The van der Waals surface area contributed by atoms with Gasteiger partial charge in [0.25, 0.3) is 0 Å². The first-order chi connectivity index (χ1) is 15.0. The monoisotopic (exact) mass is 481 g/mol. The summed E-state index contributed by atoms with van der Waals surface area (Å²) in [7, 11) is 0. The molecule has 1 N–H and O–H groups in total. The van der Waals surface area contributed by atoms with E-state index in [1.54, 1.807) is 24.3 Å². The third-order valence-electron chi connectivity index (χ3n) is 4.59. The average molecular weight is 483 g/mol. The Morgan fingerprint density at radius 1 is 0.871 bits per heavy atom. The summed E-state index contributed by atoms with van der Waals surface area (Å²) < 4.78 is 24.7. The summed E-state index contributed by atoms with van der Waals surface area (Å²) >= 11 is 18.7. The van der Waals surface area contributed by atoms with E-state index < -0.39 is 0 Å². The molecule has 0 unspecified atom stereocenters. The van der Waals surface area contributed by atoms with E-state index in [0.29, 0.717) is 39.7 Å². The third kappa shape index (κ3) is 7.01. The highest BCUT2D eigenvalue weighted by molar-refractivity contribution is 6.35. The highest BCUT2D eigenvalue weighted by Gasteiger charge is 2.14. The second-order valence-electron chi connectivity index (χ2n) is 6.92. The van der Waals surface area contributed by atoms with Crippen molar-refractivity contribution < 1.29 is 13.9 Å². The molecule has 7 heteroatoms. The quantitative estimate of drug-likeness (QED) is 0.313. The van der Waals surface area contributed by atoms with E-state index >= 15 is 0 Å². The molecule has 0 aliphatic rings. The molecule has 164 valence electrons. The second-order valence-corrected chi connectivity index (χ2v) is 8.17. The molecule has 0 aliphatic heterocycles. The van der Waals surface area contributed by atoms with Crippen molar-refractivity contribution >= 4 is 34.8 Å². The molecule has 0 spiro atoms. The molecule has 31 heavy (non-hydrogen) atoms. The molecule has 0 radical (unpaired) electrons. The van der Waals surface area contributed by atoms with E-state index in [2.05, 4.69) is 5.32 Å². The topological polar surface area (TPSA) is 30.5 Å². The lowest BCUT2D eigenvalue weighted by Gasteiger charge is -2.16. The van der Waals surface area contributed by atoms with E-state index in [0.717, 1.165) is 29.7 Å². The lowest BCUT2D eigenvalue weighted by atomic mass is 10.1. The number of hydrogen-bond acceptors (Lipinski definition) is 3. The summed E-state index contributed by atoms with van der Waals surface area (Å²) in [6.45, 7) is 3.99. The molecular formula is C24H23Cl3FNO2. The zero-order valence-corrected chi connectivity index (χ0v) is 19.3. The Kier molecular flexibility index (Phi) is 8.85. The van der Waals surface area contributed by atoms with Gasteiger partial charge in [-0.2, -0.15) is 0 Å². The Bertz CT molecular complexity index is 1010. The van der Waals surface area contributed by atoms with Gasteiger partial charge in [0.15, 0.2) is 11.5 Å². The van der Waals surface area contributed by atoms with Gasteiger partial charge in [-0.05, 0) is 67.4 Å². The van der Waals surface area contributed by atoms with Gasteiger partial charge in [-0.15, -0.1) is 0 Å². The van der Waals surface area contributed by atoms with Crippen LogP contribution in [-0.4, -0.2) is 13.2 Å². The maximum atomic E-state index is 13.0. The molecule has 0 saturated carbocycles. The first-order valence-electron chi connectivity index (χ1n) is 9.93. The van der Waals surface area contributed by atoms with Crippen molar-refractivity contribution in [1.29, 1.82) is 0 Å². The summed E-state index contributed by atoms with van der Waals surface area (Å²) in [6.07, 6.45) is 0.801. The fraction of sp³-hybridized carbons (Fsp3) is 0.250. The van der Waals surface area contributed by atoms with Gasteiger partial charge in [0.1, 0.15) is 12.4 Å². The van der Waals surface area contributed by atoms with E-state index in [1.165, 1.54) is 12.1 Å². The minimum Gasteiger partial charge on any atom is -0.490 e. The van der Waals surface area contributed by atoms with Crippen LogP contribution in [0.3, 0.4) is 0 Å². The first-order valence-corrected chi connectivity index (χ1v) is 11.1. The number of ether oxygens (including phenoxy) is 2. The number of nitrogens with one attached hydrogen (secondary N) is 1. The normalized spacial score (nSPS) is 10.9. The second kappa shape index (κ2) is 11.6. The minimum absolute atomic E-state index is 0.226. The van der Waals surface area contributed by atoms with Crippen LogP contribution in [0.15, 0.2) is 54.6 Å². The molecule has 3 aromatic rings. The zero-order valence-electron chi connectivity index (χ0n) is 17.1. The van der Waals surface area contributed by atoms with Gasteiger partial charge in [-0.1, -0.05) is 53.0 Å². The van der Waals surface area contributed by atoms with Crippen LogP contribution in [0.4, 0.5) is 4.39 Å². The smallest absolute Gasteiger partial charge is 0.180 e. The fourth-order valence-corrected chi connectivity index (χ4v) is 3.78. The fourth-order valence-electron chi connectivity index (χ4n) is 3.03. The van der Waals surface area contributed by atoms with Crippen molar-refractivity contribution in [2.45, 2.75) is 26.5 Å². The summed E-state index contributed by atoms with van der Waals surface area (Å²) in [5, 5.41) is 4.94. The summed E-state index contributed by atoms with van der Waals surface area (Å²) in [5.41, 5.74) is 2.85. The van der Waals surface area contributed by atoms with E-state index in [4.69, 9.17) is 44.3 Å². The summed E-state index contributed by atoms with van der Waals surface area (Å²) in [4.78, 5) is 0. The van der Waals surface area contributed by atoms with E-state index in [1.807, 2.05) is 25.1 Å². The minimum atomic E-state index is -0.226. The zero-order chi connectivity index (χ0) is 22.2. The van der Waals surface area contributed by atoms with Crippen molar-refractivity contribution in [3.05, 3.63) is 92.2 Å². The number of benzene rings is 3. The van der Waals surface area contributed by atoms with Crippen molar-refractivity contribution in [3.63, 3.8) is 0 Å². The molecule has 0 atom stereocenters. The Morgan fingerprint density at radius 3 is 2.35 bits per heavy atom. The van der Waals surface area contributed by atoms with Gasteiger partial charge in [0, 0.05) is 22.2 Å². The van der Waals surface area contributed by atoms with Crippen LogP contribution < -0.4 is 14.8 Å². The largest absolute Gasteiger partial charge is 0.490 e. The lowest BCUT2D eigenvalue weighted by molar-refractivity contribution is 0.269. The molecule has 3 aromatic carbocycles. The van der Waals surface area contributed by atoms with Crippen LogP contribution in [-0.2, 0) is 19.6 Å². The molecule has 3 rings (SSSR count). The van der Waals surface area contributed by atoms with Crippen LogP contribution >= 0.6 is 34.8 Å². The lowest BCUT2D eigenvalue weighted by Crippen LogP contribution is -2.17. The average Bonchev–Trinajstić information content (AvgIpc) is 2.73. The Balaban J connectivity index is 1.62. The molecule has 3 nitrogen and oxygen atoms in total. The van der Waals surface area contributed by atoms with E-state index in [9.17, 15) is 4.39 Å². The van der Waals surface area contributed by atoms with Crippen molar-refractivity contribution in [1.82, 2.24) is 5.32 Å². The van der Waals surface area contributed by atoms with Crippen LogP contribution in [0.25, 0.3) is 0 Å². The van der Waals surface area contributed by atoms with Crippen molar-refractivity contribution in [3.8, 4) is 11.5 Å². The Hall–Kier alpha value is -1.98. The van der Waals surface area contributed by atoms with Crippen LogP contribution in [0.5, 0.6) is 11.5 Å². The van der Waals surface area contributed by atoms with Gasteiger partial charge >= 0.3 is 0 Å². The van der Waals surface area contributed by atoms with Gasteiger partial charge in [0.05, 0.1) is 11.6 Å². The van der Waals surface area contributed by atoms with Crippen molar-refractivity contribution in [2.75, 3.05) is 13.2 Å². The van der Waals surface area contributed by atoms with Gasteiger partial charge in [0.2, 0.25) is 0 Å². The Morgan fingerprint density at radius 2 is 1.65 bits per heavy atom. The molecule has 0 saturated heterocycles. The molecule has 0 amide bonds. The van der Waals surface area contributed by atoms with Gasteiger partial charge in [-0.25, -0.2) is 4.39 Å². The SMILES string of the molecule is CCOc1cc(CNCCc2ccc(F)cc2)cc(Cl)c1OCc1ccc(Cl)cc1Cl. The molecule has 0 aromatic heterocycles. The molecule has 0 aliphatic carbocycles. The summed E-state index contributed by atoms with van der Waals surface area (Å²) in [6, 6.07) is 15.6. The van der Waals surface area contributed by atoms with E-state index in [-0.39, 0.29) is 12.4 Å². The highest BCUT2D eigenvalue weighted by Crippen LogP contribution is 2.37. The maximum Gasteiger partial charge on any atom is 0.180 e. The number of halogens is 4. The maximum absolute atomic E-state index is 13.0. The third-order valence-corrected chi connectivity index (χ3v) is 5.46. The number of hydrogen-bond donors (Lipinski definition) is 1. The predicted molar refractivity (Wildman–Crippen MR) is 125 cm³/mol. The van der Waals surface area contributed by atoms with Crippen LogP contribution in [0.2, 0.25) is 15.1 Å². The Labute approximate surface area is 197 Å². The van der Waals surface area contributed by atoms with Crippen molar-refractivity contribution in [2.24, 2.45) is 0 Å². The number of rotatable bonds is 10. The van der Waals surface area contributed by atoms with Crippen LogP contribution in [0.1, 0.15) is 23.6 Å². The highest BCUT2D eigenvalue weighted by atomic mass is 35.5. The van der Waals surface area contributed by atoms with Gasteiger partial charge < -0.3 is 14.8 Å². The van der Waals surface area contributed by atoms with Crippen LogP contribution in [0, 0.1) is 5.82 Å².